The second kappa shape index (κ2) is 7.45. The molecular formula is C14H20BrNS. The van der Waals surface area contributed by atoms with Gasteiger partial charge in [0.25, 0.3) is 0 Å². The topological polar surface area (TPSA) is 3.24 Å². The number of hydrogen-bond acceptors (Lipinski definition) is 2. The van der Waals surface area contributed by atoms with E-state index in [1.165, 1.54) is 43.0 Å². The van der Waals surface area contributed by atoms with Crippen molar-refractivity contribution in [2.24, 2.45) is 0 Å². The van der Waals surface area contributed by atoms with Gasteiger partial charge in [-0.15, -0.1) is 11.8 Å². The highest BCUT2D eigenvalue weighted by molar-refractivity contribution is 9.09. The summed E-state index contributed by atoms with van der Waals surface area (Å²) in [5.74, 6) is 1.20. The van der Waals surface area contributed by atoms with E-state index in [2.05, 4.69) is 51.2 Å². The number of benzene rings is 1. The van der Waals surface area contributed by atoms with Crippen LogP contribution >= 0.6 is 27.7 Å². The summed E-state index contributed by atoms with van der Waals surface area (Å²) in [6, 6.07) is 11.5. The van der Waals surface area contributed by atoms with Crippen molar-refractivity contribution < 1.29 is 0 Å². The lowest BCUT2D eigenvalue weighted by Gasteiger charge is -2.34. The van der Waals surface area contributed by atoms with Gasteiger partial charge in [-0.2, -0.15) is 0 Å². The Morgan fingerprint density at radius 1 is 1.24 bits per heavy atom. The molecule has 94 valence electrons. The molecule has 0 amide bonds. The predicted octanol–water partition coefficient (Wildman–Crippen LogP) is 4.03. The molecule has 0 radical (unpaired) electrons. The molecule has 0 aliphatic carbocycles. The molecule has 1 fully saturated rings. The third-order valence-electron chi connectivity index (χ3n) is 3.32. The Hall–Kier alpha value is 0.0100. The van der Waals surface area contributed by atoms with Crippen LogP contribution in [0.25, 0.3) is 0 Å². The van der Waals surface area contributed by atoms with E-state index in [1.807, 2.05) is 11.8 Å². The van der Waals surface area contributed by atoms with Gasteiger partial charge in [0, 0.05) is 28.6 Å². The van der Waals surface area contributed by atoms with Gasteiger partial charge in [0.05, 0.1) is 0 Å². The number of halogens is 1. The molecule has 0 saturated carbocycles. The Morgan fingerprint density at radius 3 is 2.82 bits per heavy atom. The maximum atomic E-state index is 3.64. The van der Waals surface area contributed by atoms with Crippen LogP contribution in [0.3, 0.4) is 0 Å². The fourth-order valence-corrected chi connectivity index (χ4v) is 3.97. The van der Waals surface area contributed by atoms with Gasteiger partial charge in [0.1, 0.15) is 0 Å². The van der Waals surface area contributed by atoms with Crippen LogP contribution in [-0.4, -0.2) is 35.1 Å². The molecule has 0 bridgehead atoms. The Labute approximate surface area is 117 Å². The van der Waals surface area contributed by atoms with Gasteiger partial charge in [-0.1, -0.05) is 40.5 Å². The van der Waals surface area contributed by atoms with E-state index in [1.54, 1.807) is 0 Å². The van der Waals surface area contributed by atoms with Crippen molar-refractivity contribution in [3.8, 4) is 0 Å². The molecule has 1 saturated heterocycles. The molecule has 1 aromatic rings. The van der Waals surface area contributed by atoms with Crippen molar-refractivity contribution in [2.45, 2.75) is 30.2 Å². The van der Waals surface area contributed by atoms with Crippen LogP contribution in [-0.2, 0) is 0 Å². The lowest BCUT2D eigenvalue weighted by molar-refractivity contribution is 0.175. The molecule has 1 heterocycles. The van der Waals surface area contributed by atoms with E-state index in [-0.39, 0.29) is 0 Å². The van der Waals surface area contributed by atoms with Crippen molar-refractivity contribution in [1.82, 2.24) is 4.90 Å². The van der Waals surface area contributed by atoms with Gasteiger partial charge in [-0.05, 0) is 31.5 Å². The average molecular weight is 314 g/mol. The van der Waals surface area contributed by atoms with Crippen LogP contribution in [0.5, 0.6) is 0 Å². The molecule has 0 aromatic heterocycles. The second-order valence-corrected chi connectivity index (χ2v) is 6.32. The minimum absolute atomic E-state index is 0.764. The molecule has 1 atom stereocenters. The maximum Gasteiger partial charge on any atom is 0.0193 e. The summed E-state index contributed by atoms with van der Waals surface area (Å²) in [6.07, 6.45) is 4.14. The Kier molecular flexibility index (Phi) is 5.89. The zero-order chi connectivity index (χ0) is 11.9. The third kappa shape index (κ3) is 4.31. The highest BCUT2D eigenvalue weighted by Gasteiger charge is 2.20. The fraction of sp³-hybridized carbons (Fsp3) is 0.571. The van der Waals surface area contributed by atoms with Crippen LogP contribution in [0, 0.1) is 0 Å². The number of thioether (sulfide) groups is 1. The molecule has 0 N–H and O–H groups in total. The minimum atomic E-state index is 0.764. The van der Waals surface area contributed by atoms with Crippen molar-refractivity contribution in [3.05, 3.63) is 30.3 Å². The SMILES string of the molecule is BrCC1CCCCN1CCSc1ccccc1. The van der Waals surface area contributed by atoms with Gasteiger partial charge in [0.2, 0.25) is 0 Å². The number of piperidine rings is 1. The van der Waals surface area contributed by atoms with E-state index in [0.29, 0.717) is 0 Å². The molecule has 1 nitrogen and oxygen atoms in total. The fourth-order valence-electron chi connectivity index (χ4n) is 2.33. The first-order valence-electron chi connectivity index (χ1n) is 6.38. The molecule has 2 rings (SSSR count). The summed E-state index contributed by atoms with van der Waals surface area (Å²) >= 11 is 5.61. The van der Waals surface area contributed by atoms with Crippen molar-refractivity contribution in [1.29, 1.82) is 0 Å². The van der Waals surface area contributed by atoms with Gasteiger partial charge in [-0.3, -0.25) is 4.90 Å². The third-order valence-corrected chi connectivity index (χ3v) is 5.06. The molecule has 3 heteroatoms. The van der Waals surface area contributed by atoms with E-state index in [0.717, 1.165) is 11.4 Å². The van der Waals surface area contributed by atoms with Crippen LogP contribution in [0.4, 0.5) is 0 Å². The zero-order valence-corrected chi connectivity index (χ0v) is 12.5. The lowest BCUT2D eigenvalue weighted by atomic mass is 10.0. The normalized spacial score (nSPS) is 21.6. The summed E-state index contributed by atoms with van der Waals surface area (Å²) in [5, 5.41) is 1.13. The van der Waals surface area contributed by atoms with Crippen LogP contribution in [0.15, 0.2) is 35.2 Å². The summed E-state index contributed by atoms with van der Waals surface area (Å²) in [4.78, 5) is 4.04. The quantitative estimate of drug-likeness (QED) is 0.596. The summed E-state index contributed by atoms with van der Waals surface area (Å²) < 4.78 is 0. The molecule has 1 aliphatic heterocycles. The molecular weight excluding hydrogens is 294 g/mol. The van der Waals surface area contributed by atoms with Crippen molar-refractivity contribution in [2.75, 3.05) is 24.2 Å². The lowest BCUT2D eigenvalue weighted by Crippen LogP contribution is -2.41. The van der Waals surface area contributed by atoms with Gasteiger partial charge >= 0.3 is 0 Å². The van der Waals surface area contributed by atoms with Gasteiger partial charge < -0.3 is 0 Å². The number of rotatable bonds is 5. The van der Waals surface area contributed by atoms with Gasteiger partial charge in [0.15, 0.2) is 0 Å². The number of hydrogen-bond donors (Lipinski definition) is 0. The van der Waals surface area contributed by atoms with Crippen molar-refractivity contribution >= 4 is 27.7 Å². The van der Waals surface area contributed by atoms with Crippen LogP contribution in [0.1, 0.15) is 19.3 Å². The van der Waals surface area contributed by atoms with E-state index in [4.69, 9.17) is 0 Å². The minimum Gasteiger partial charge on any atom is -0.299 e. The molecule has 1 aromatic carbocycles. The zero-order valence-electron chi connectivity index (χ0n) is 10.1. The maximum absolute atomic E-state index is 3.64. The van der Waals surface area contributed by atoms with Crippen molar-refractivity contribution in [3.63, 3.8) is 0 Å². The summed E-state index contributed by atoms with van der Waals surface area (Å²) in [7, 11) is 0. The molecule has 1 unspecified atom stereocenters. The molecule has 0 spiro atoms. The highest BCUT2D eigenvalue weighted by Crippen LogP contribution is 2.21. The monoisotopic (exact) mass is 313 g/mol. The van der Waals surface area contributed by atoms with Crippen LogP contribution in [0.2, 0.25) is 0 Å². The van der Waals surface area contributed by atoms with E-state index in [9.17, 15) is 0 Å². The number of alkyl halides is 1. The molecule has 17 heavy (non-hydrogen) atoms. The summed E-state index contributed by atoms with van der Waals surface area (Å²) in [5.41, 5.74) is 0. The largest absolute Gasteiger partial charge is 0.299 e. The predicted molar refractivity (Wildman–Crippen MR) is 80.2 cm³/mol. The van der Waals surface area contributed by atoms with Crippen LogP contribution < -0.4 is 0 Å². The number of nitrogens with zero attached hydrogens (tertiary/aromatic N) is 1. The summed E-state index contributed by atoms with van der Waals surface area (Å²) in [6.45, 7) is 2.50. The standard InChI is InChI=1S/C14H20BrNS/c15-12-13-6-4-5-9-16(13)10-11-17-14-7-2-1-3-8-14/h1-3,7-8,13H,4-6,9-12H2. The number of likely N-dealkylation sites (tertiary alicyclic amines) is 1. The highest BCUT2D eigenvalue weighted by atomic mass is 79.9. The van der Waals surface area contributed by atoms with Gasteiger partial charge in [-0.25, -0.2) is 0 Å². The Balaban J connectivity index is 1.74. The Bertz CT molecular complexity index is 317. The first-order chi connectivity index (χ1) is 8.40. The van der Waals surface area contributed by atoms with E-state index < -0.39 is 0 Å². The van der Waals surface area contributed by atoms with E-state index >= 15 is 0 Å². The first-order valence-corrected chi connectivity index (χ1v) is 8.48. The first kappa shape index (κ1) is 13.4. The average Bonchev–Trinajstić information content (AvgIpc) is 2.40. The smallest absolute Gasteiger partial charge is 0.0193 e. The molecule has 1 aliphatic rings. The Morgan fingerprint density at radius 2 is 2.06 bits per heavy atom. The second-order valence-electron chi connectivity index (χ2n) is 4.50.